The Hall–Kier alpha value is -1.92. The molecule has 12 heteroatoms. The van der Waals surface area contributed by atoms with Crippen molar-refractivity contribution >= 4 is 28.2 Å². The first-order chi connectivity index (χ1) is 10.7. The van der Waals surface area contributed by atoms with Crippen molar-refractivity contribution in [1.29, 1.82) is 5.41 Å². The zero-order valence-corrected chi connectivity index (χ0v) is 13.3. The van der Waals surface area contributed by atoms with Crippen LogP contribution in [0.1, 0.15) is 19.8 Å². The van der Waals surface area contributed by atoms with Crippen molar-refractivity contribution in [2.75, 3.05) is 19.6 Å². The summed E-state index contributed by atoms with van der Waals surface area (Å²) < 4.78 is 34.6. The maximum absolute atomic E-state index is 12.2. The average Bonchev–Trinajstić information content (AvgIpc) is 2.67. The summed E-state index contributed by atoms with van der Waals surface area (Å²) in [5.74, 6) is -0.0672. The maximum Gasteiger partial charge on any atom is 0.418 e. The fourth-order valence-corrected chi connectivity index (χ4v) is 3.07. The van der Waals surface area contributed by atoms with E-state index in [4.69, 9.17) is 9.96 Å². The Morgan fingerprint density at radius 1 is 1.39 bits per heavy atom. The van der Waals surface area contributed by atoms with Gasteiger partial charge in [0, 0.05) is 26.6 Å². The largest absolute Gasteiger partial charge is 0.418 e. The molecule has 2 bridgehead atoms. The first-order valence-corrected chi connectivity index (χ1v) is 8.39. The molecule has 0 spiro atoms. The minimum absolute atomic E-state index is 0.107. The number of amidine groups is 1. The van der Waals surface area contributed by atoms with Crippen LogP contribution in [0.25, 0.3) is 0 Å². The molecule has 0 saturated carbocycles. The molecule has 3 amide bonds. The van der Waals surface area contributed by atoms with Gasteiger partial charge in [-0.25, -0.2) is 4.79 Å². The van der Waals surface area contributed by atoms with E-state index in [2.05, 4.69) is 14.9 Å². The van der Waals surface area contributed by atoms with Gasteiger partial charge in [-0.3, -0.25) is 14.8 Å². The summed E-state index contributed by atoms with van der Waals surface area (Å²) in [5, 5.41) is 14.1. The van der Waals surface area contributed by atoms with E-state index in [9.17, 15) is 18.0 Å². The number of hydrogen-bond donors (Lipinski definition) is 4. The molecular formula is C11H19N5O6S. The third-order valence-electron chi connectivity index (χ3n) is 3.64. The number of carbonyl (C=O) groups is 2. The summed E-state index contributed by atoms with van der Waals surface area (Å²) >= 11 is 0. The molecule has 2 aliphatic rings. The zero-order chi connectivity index (χ0) is 17.2. The van der Waals surface area contributed by atoms with Crippen LogP contribution in [0.15, 0.2) is 0 Å². The predicted molar refractivity (Wildman–Crippen MR) is 77.8 cm³/mol. The molecule has 4 N–H and O–H groups in total. The number of piperidine rings is 1. The number of hydrogen-bond acceptors (Lipinski definition) is 6. The number of carbonyl (C=O) groups excluding carboxylic acids is 2. The van der Waals surface area contributed by atoms with Gasteiger partial charge in [0.05, 0.1) is 12.1 Å². The Bertz CT molecular complexity index is 608. The second kappa shape index (κ2) is 6.68. The van der Waals surface area contributed by atoms with Gasteiger partial charge in [0.2, 0.25) is 5.91 Å². The Morgan fingerprint density at radius 3 is 2.65 bits per heavy atom. The van der Waals surface area contributed by atoms with Crippen molar-refractivity contribution in [3.8, 4) is 0 Å². The summed E-state index contributed by atoms with van der Waals surface area (Å²) in [6.07, 6.45) is 0.909. The van der Waals surface area contributed by atoms with Gasteiger partial charge in [-0.15, -0.1) is 4.28 Å². The molecule has 0 aliphatic carbocycles. The van der Waals surface area contributed by atoms with Crippen molar-refractivity contribution in [2.45, 2.75) is 31.8 Å². The van der Waals surface area contributed by atoms with Gasteiger partial charge in [0.15, 0.2) is 0 Å². The summed E-state index contributed by atoms with van der Waals surface area (Å²) in [6.45, 7) is 2.29. The van der Waals surface area contributed by atoms with Crippen LogP contribution in [0.5, 0.6) is 0 Å². The predicted octanol–water partition coefficient (Wildman–Crippen LogP) is -1.31. The number of rotatable bonds is 6. The second-order valence-corrected chi connectivity index (χ2v) is 6.34. The van der Waals surface area contributed by atoms with Crippen LogP contribution in [0.2, 0.25) is 0 Å². The minimum atomic E-state index is -4.77. The van der Waals surface area contributed by atoms with E-state index in [1.165, 1.54) is 11.8 Å². The molecular weight excluding hydrogens is 330 g/mol. The van der Waals surface area contributed by atoms with E-state index >= 15 is 0 Å². The van der Waals surface area contributed by atoms with Gasteiger partial charge in [-0.2, -0.15) is 13.5 Å². The Labute approximate surface area is 133 Å². The number of urea groups is 1. The van der Waals surface area contributed by atoms with E-state index in [0.717, 1.165) is 0 Å². The quantitative estimate of drug-likeness (QED) is 0.201. The van der Waals surface area contributed by atoms with E-state index in [1.54, 1.807) is 0 Å². The highest BCUT2D eigenvalue weighted by atomic mass is 32.3. The molecule has 2 aliphatic heterocycles. The lowest BCUT2D eigenvalue weighted by atomic mass is 10.00. The Balaban J connectivity index is 1.93. The summed E-state index contributed by atoms with van der Waals surface area (Å²) in [7, 11) is -4.77. The van der Waals surface area contributed by atoms with Crippen molar-refractivity contribution < 1.29 is 26.8 Å². The molecule has 2 saturated heterocycles. The van der Waals surface area contributed by atoms with E-state index < -0.39 is 28.5 Å². The lowest BCUT2D eigenvalue weighted by molar-refractivity contribution is -0.118. The molecule has 130 valence electrons. The molecule has 0 aromatic carbocycles. The number of nitrogens with zero attached hydrogens (tertiary/aromatic N) is 2. The Morgan fingerprint density at radius 2 is 2.04 bits per heavy atom. The lowest BCUT2D eigenvalue weighted by Gasteiger charge is -2.31. The van der Waals surface area contributed by atoms with Crippen LogP contribution < -0.4 is 10.6 Å². The van der Waals surface area contributed by atoms with Crippen LogP contribution in [0.3, 0.4) is 0 Å². The highest BCUT2D eigenvalue weighted by Gasteiger charge is 2.48. The minimum Gasteiger partial charge on any atom is -0.371 e. The molecule has 2 rings (SSSR count). The van der Waals surface area contributed by atoms with Gasteiger partial charge in [-0.05, 0) is 12.8 Å². The first kappa shape index (κ1) is 17.4. The third-order valence-corrected chi connectivity index (χ3v) is 3.99. The summed E-state index contributed by atoms with van der Waals surface area (Å²) in [6, 6.07) is -1.71. The first-order valence-electron chi connectivity index (χ1n) is 7.02. The van der Waals surface area contributed by atoms with Crippen LogP contribution >= 0.6 is 0 Å². The number of nitrogens with one attached hydrogen (secondary N) is 3. The number of fused-ring (bicyclic) bond motifs is 2. The summed E-state index contributed by atoms with van der Waals surface area (Å²) in [4.78, 5) is 24.2. The molecule has 11 nitrogen and oxygen atoms in total. The zero-order valence-electron chi connectivity index (χ0n) is 12.5. The van der Waals surface area contributed by atoms with Crippen molar-refractivity contribution in [3.05, 3.63) is 0 Å². The maximum atomic E-state index is 12.2. The molecule has 0 aromatic heterocycles. The van der Waals surface area contributed by atoms with Gasteiger partial charge < -0.3 is 15.5 Å². The standard InChI is InChI=1S/C11H19N5O6S/c1-7(17)13-4-5-14-10(12)9-3-2-8-6-15(9)11(18)16(8)22-23(19,20)21/h8-9H,2-6H2,1H3,(H2,12,14)(H,13,17)(H,19,20,21)/t8-,9+/m1/s1. The fraction of sp³-hybridized carbons (Fsp3) is 0.727. The van der Waals surface area contributed by atoms with Gasteiger partial charge in [0.25, 0.3) is 0 Å². The van der Waals surface area contributed by atoms with Gasteiger partial charge >= 0.3 is 16.4 Å². The topological polar surface area (TPSA) is 152 Å². The van der Waals surface area contributed by atoms with E-state index in [0.29, 0.717) is 31.0 Å². The SMILES string of the molecule is CC(=O)NCCNC(=N)[C@@H]1CC[C@@H]2CN1C(=O)N2OS(=O)(=O)O. The smallest absolute Gasteiger partial charge is 0.371 e. The summed E-state index contributed by atoms with van der Waals surface area (Å²) in [5.41, 5.74) is 0. The van der Waals surface area contributed by atoms with Crippen LogP contribution in [0, 0.1) is 5.41 Å². The van der Waals surface area contributed by atoms with Crippen LogP contribution in [0.4, 0.5) is 4.79 Å². The molecule has 2 atom stereocenters. The monoisotopic (exact) mass is 349 g/mol. The lowest BCUT2D eigenvalue weighted by Crippen LogP contribution is -2.50. The van der Waals surface area contributed by atoms with Gasteiger partial charge in [-0.1, -0.05) is 0 Å². The molecule has 2 fully saturated rings. The van der Waals surface area contributed by atoms with Crippen LogP contribution in [-0.4, -0.2) is 72.4 Å². The fourth-order valence-electron chi connectivity index (χ4n) is 2.69. The number of hydroxylamine groups is 2. The highest BCUT2D eigenvalue weighted by molar-refractivity contribution is 7.80. The normalized spacial score (nSPS) is 23.8. The molecule has 23 heavy (non-hydrogen) atoms. The van der Waals surface area contributed by atoms with Gasteiger partial charge in [0.1, 0.15) is 5.84 Å². The van der Waals surface area contributed by atoms with Crippen molar-refractivity contribution in [3.63, 3.8) is 0 Å². The van der Waals surface area contributed by atoms with Crippen molar-refractivity contribution in [2.24, 2.45) is 0 Å². The van der Waals surface area contributed by atoms with E-state index in [-0.39, 0.29) is 18.3 Å². The van der Waals surface area contributed by atoms with E-state index in [1.807, 2.05) is 0 Å². The van der Waals surface area contributed by atoms with Crippen LogP contribution in [-0.2, 0) is 19.5 Å². The Kier molecular flexibility index (Phi) is 5.06. The molecule has 0 aromatic rings. The molecule has 0 radical (unpaired) electrons. The molecule has 2 heterocycles. The average molecular weight is 349 g/mol. The second-order valence-electron chi connectivity index (χ2n) is 5.33. The third kappa shape index (κ3) is 4.30. The number of amides is 3. The highest BCUT2D eigenvalue weighted by Crippen LogP contribution is 2.30. The molecule has 0 unspecified atom stereocenters. The van der Waals surface area contributed by atoms with Crippen molar-refractivity contribution in [1.82, 2.24) is 20.6 Å².